The second-order valence-corrected chi connectivity index (χ2v) is 9.51. The van der Waals surface area contributed by atoms with Crippen molar-refractivity contribution in [3.8, 4) is 22.9 Å². The van der Waals surface area contributed by atoms with Crippen LogP contribution in [0.25, 0.3) is 22.3 Å². The summed E-state index contributed by atoms with van der Waals surface area (Å²) in [6.45, 7) is 0. The van der Waals surface area contributed by atoms with Gasteiger partial charge in [-0.1, -0.05) is 24.3 Å². The largest absolute Gasteiger partial charge is 0.481 e. The second kappa shape index (κ2) is 9.09. The first-order chi connectivity index (χ1) is 18.3. The van der Waals surface area contributed by atoms with Crippen LogP contribution in [0.1, 0.15) is 36.1 Å². The van der Waals surface area contributed by atoms with Crippen molar-refractivity contribution in [2.45, 2.75) is 31.1 Å². The van der Waals surface area contributed by atoms with E-state index in [4.69, 9.17) is 9.84 Å². The van der Waals surface area contributed by atoms with Gasteiger partial charge < -0.3 is 19.8 Å². The Labute approximate surface area is 215 Å². The minimum atomic E-state index is -0.884. The molecule has 1 aliphatic rings. The van der Waals surface area contributed by atoms with E-state index in [0.29, 0.717) is 11.9 Å². The van der Waals surface area contributed by atoms with Crippen LogP contribution in [0.4, 0.5) is 13.2 Å². The van der Waals surface area contributed by atoms with Gasteiger partial charge in [-0.3, -0.25) is 4.79 Å². The Kier molecular flexibility index (Phi) is 5.71. The molecule has 0 spiro atoms. The smallest absolute Gasteiger partial charge is 0.303 e. The Hall–Kier alpha value is -4.53. The van der Waals surface area contributed by atoms with Gasteiger partial charge in [0.15, 0.2) is 17.4 Å². The first kappa shape index (κ1) is 23.8. The predicted octanol–water partition coefficient (Wildman–Crippen LogP) is 6.86. The highest BCUT2D eigenvalue weighted by molar-refractivity contribution is 5.82. The molecule has 6 nitrogen and oxygen atoms in total. The number of ether oxygens (including phenoxy) is 1. The average molecular weight is 518 g/mol. The van der Waals surface area contributed by atoms with E-state index in [2.05, 4.69) is 15.0 Å². The summed E-state index contributed by atoms with van der Waals surface area (Å²) in [4.78, 5) is 21.3. The van der Waals surface area contributed by atoms with Crippen LogP contribution in [0.5, 0.6) is 11.5 Å². The number of nitrogens with zero attached hydrogens (tertiary/aromatic N) is 1. The number of carbonyl (C=O) groups is 1. The number of halogens is 3. The Morgan fingerprint density at radius 3 is 2.68 bits per heavy atom. The number of hydrogen-bond acceptors (Lipinski definition) is 3. The molecular weight excluding hydrogens is 495 g/mol. The lowest BCUT2D eigenvalue weighted by Crippen LogP contribution is -2.10. The Morgan fingerprint density at radius 2 is 1.89 bits per heavy atom. The monoisotopic (exact) mass is 517 g/mol. The number of aromatic amines is 2. The molecule has 0 aliphatic heterocycles. The quantitative estimate of drug-likeness (QED) is 0.210. The highest BCUT2D eigenvalue weighted by atomic mass is 19.1. The molecule has 1 saturated carbocycles. The maximum absolute atomic E-state index is 14.9. The number of hydrogen-bond donors (Lipinski definition) is 3. The van der Waals surface area contributed by atoms with Crippen LogP contribution in [0.15, 0.2) is 67.0 Å². The predicted molar refractivity (Wildman–Crippen MR) is 135 cm³/mol. The summed E-state index contributed by atoms with van der Waals surface area (Å²) in [7, 11) is 0. The van der Waals surface area contributed by atoms with Gasteiger partial charge in [0.1, 0.15) is 17.4 Å². The van der Waals surface area contributed by atoms with Crippen molar-refractivity contribution in [3.63, 3.8) is 0 Å². The van der Waals surface area contributed by atoms with E-state index in [1.807, 2.05) is 24.3 Å². The van der Waals surface area contributed by atoms with Gasteiger partial charge in [-0.2, -0.15) is 0 Å². The van der Waals surface area contributed by atoms with Crippen LogP contribution in [0.3, 0.4) is 0 Å². The van der Waals surface area contributed by atoms with Crippen LogP contribution in [-0.2, 0) is 16.6 Å². The molecule has 0 saturated heterocycles. The number of aromatic nitrogens is 3. The number of fused-ring (bicyclic) bond motifs is 1. The third-order valence-electron chi connectivity index (χ3n) is 7.06. The van der Waals surface area contributed by atoms with E-state index in [0.717, 1.165) is 41.8 Å². The molecular formula is C29H22F3N3O3. The molecule has 9 heteroatoms. The number of imidazole rings is 1. The molecule has 1 aliphatic carbocycles. The van der Waals surface area contributed by atoms with Gasteiger partial charge in [-0.15, -0.1) is 0 Å². The molecule has 0 atom stereocenters. The van der Waals surface area contributed by atoms with E-state index in [1.165, 1.54) is 24.4 Å². The molecule has 5 aromatic rings. The van der Waals surface area contributed by atoms with Gasteiger partial charge in [-0.05, 0) is 54.7 Å². The van der Waals surface area contributed by atoms with Gasteiger partial charge >= 0.3 is 5.97 Å². The van der Waals surface area contributed by atoms with E-state index in [1.54, 1.807) is 6.20 Å². The number of carboxylic acid groups (broad SMARTS) is 1. The number of aliphatic carboxylic acids is 1. The van der Waals surface area contributed by atoms with E-state index >= 15 is 0 Å². The van der Waals surface area contributed by atoms with Crippen molar-refractivity contribution < 1.29 is 27.8 Å². The van der Waals surface area contributed by atoms with E-state index < -0.39 is 29.2 Å². The Balaban J connectivity index is 1.29. The van der Waals surface area contributed by atoms with Crippen molar-refractivity contribution >= 4 is 16.9 Å². The molecule has 6 rings (SSSR count). The van der Waals surface area contributed by atoms with Gasteiger partial charge in [0.05, 0.1) is 11.1 Å². The average Bonchev–Trinajstić information content (AvgIpc) is 3.32. The molecule has 2 heterocycles. The SMILES string of the molecule is O=C(O)CCc1cccc(C2(c3cnc(-c4cc(Oc5c(F)cc6[nH]ccc6c5F)ccc4F)[nH]3)CC2)c1. The maximum Gasteiger partial charge on any atom is 0.303 e. The lowest BCUT2D eigenvalue weighted by molar-refractivity contribution is -0.136. The van der Waals surface area contributed by atoms with Crippen molar-refractivity contribution in [2.75, 3.05) is 0 Å². The molecule has 0 amide bonds. The third-order valence-corrected chi connectivity index (χ3v) is 7.06. The summed E-state index contributed by atoms with van der Waals surface area (Å²) in [6, 6.07) is 14.3. The second-order valence-electron chi connectivity index (χ2n) is 9.51. The molecule has 0 radical (unpaired) electrons. The minimum Gasteiger partial charge on any atom is -0.481 e. The van der Waals surface area contributed by atoms with Crippen LogP contribution in [-0.4, -0.2) is 26.0 Å². The third kappa shape index (κ3) is 4.19. The van der Waals surface area contributed by atoms with Crippen molar-refractivity contribution in [1.82, 2.24) is 15.0 Å². The van der Waals surface area contributed by atoms with Crippen molar-refractivity contribution in [2.24, 2.45) is 0 Å². The topological polar surface area (TPSA) is 91.0 Å². The highest BCUT2D eigenvalue weighted by Gasteiger charge is 2.47. The van der Waals surface area contributed by atoms with E-state index in [9.17, 15) is 18.0 Å². The van der Waals surface area contributed by atoms with Gasteiger partial charge in [0, 0.05) is 41.4 Å². The Bertz CT molecular complexity index is 1690. The summed E-state index contributed by atoms with van der Waals surface area (Å²) >= 11 is 0. The van der Waals surface area contributed by atoms with Gasteiger partial charge in [-0.25, -0.2) is 18.2 Å². The maximum atomic E-state index is 14.9. The first-order valence-electron chi connectivity index (χ1n) is 12.1. The molecule has 0 unspecified atom stereocenters. The first-order valence-corrected chi connectivity index (χ1v) is 12.1. The zero-order valence-corrected chi connectivity index (χ0v) is 20.0. The number of aryl methyl sites for hydroxylation is 1. The normalized spacial score (nSPS) is 14.1. The summed E-state index contributed by atoms with van der Waals surface area (Å²) in [6.07, 6.45) is 5.38. The highest BCUT2D eigenvalue weighted by Crippen LogP contribution is 2.53. The number of nitrogens with one attached hydrogen (secondary N) is 2. The van der Waals surface area contributed by atoms with Crippen LogP contribution < -0.4 is 4.74 Å². The fourth-order valence-electron chi connectivity index (χ4n) is 4.89. The Morgan fingerprint density at radius 1 is 1.05 bits per heavy atom. The van der Waals surface area contributed by atoms with Crippen LogP contribution >= 0.6 is 0 Å². The van der Waals surface area contributed by atoms with Gasteiger partial charge in [0.25, 0.3) is 0 Å². The van der Waals surface area contributed by atoms with Crippen molar-refractivity contribution in [1.29, 1.82) is 0 Å². The number of carboxylic acids is 1. The summed E-state index contributed by atoms with van der Waals surface area (Å²) in [5, 5.41) is 9.18. The molecule has 38 heavy (non-hydrogen) atoms. The molecule has 3 N–H and O–H groups in total. The fourth-order valence-corrected chi connectivity index (χ4v) is 4.89. The molecule has 0 bridgehead atoms. The summed E-state index contributed by atoms with van der Waals surface area (Å²) < 4.78 is 49.8. The van der Waals surface area contributed by atoms with Crippen LogP contribution in [0.2, 0.25) is 0 Å². The molecule has 2 aromatic heterocycles. The minimum absolute atomic E-state index is 0.0508. The molecule has 1 fully saturated rings. The van der Waals surface area contributed by atoms with E-state index in [-0.39, 0.29) is 34.4 Å². The lowest BCUT2D eigenvalue weighted by atomic mass is 9.91. The number of H-pyrrole nitrogens is 2. The number of benzene rings is 3. The fraction of sp³-hybridized carbons (Fsp3) is 0.172. The number of rotatable bonds is 8. The molecule has 192 valence electrons. The van der Waals surface area contributed by atoms with Crippen molar-refractivity contribution in [3.05, 3.63) is 101 Å². The summed E-state index contributed by atoms with van der Waals surface area (Å²) in [5.41, 5.74) is 2.87. The lowest BCUT2D eigenvalue weighted by Gasteiger charge is -2.15. The van der Waals surface area contributed by atoms with Crippen LogP contribution in [0, 0.1) is 17.5 Å². The zero-order valence-electron chi connectivity index (χ0n) is 20.0. The molecule has 3 aromatic carbocycles. The summed E-state index contributed by atoms with van der Waals surface area (Å²) in [5.74, 6) is -3.41. The zero-order chi connectivity index (χ0) is 26.4. The standard InChI is InChI=1S/C29H22F3N3O3/c30-21-6-5-18(38-27-22(31)14-23-19(26(27)32)8-11-33-23)13-20(21)28-34-15-24(35-28)29(9-10-29)17-3-1-2-16(12-17)4-7-25(36)37/h1-3,5-6,8,11-15,33H,4,7,9-10H2,(H,34,35)(H,36,37). The van der Waals surface area contributed by atoms with Gasteiger partial charge in [0.2, 0.25) is 0 Å².